The Morgan fingerprint density at radius 3 is 2.81 bits per heavy atom. The van der Waals surface area contributed by atoms with E-state index in [9.17, 15) is 4.79 Å². The normalized spacial score (nSPS) is 9.88. The van der Waals surface area contributed by atoms with Crippen LogP contribution in [-0.4, -0.2) is 18.8 Å². The monoisotopic (exact) mass is 221 g/mol. The number of carbonyl (C=O) groups excluding carboxylic acids is 1. The predicted octanol–water partition coefficient (Wildman–Crippen LogP) is 2.09. The average Bonchev–Trinajstić information content (AvgIpc) is 2.20. The second-order valence-electron chi connectivity index (χ2n) is 3.40. The van der Waals surface area contributed by atoms with E-state index in [1.165, 1.54) is 13.1 Å². The zero-order valence-corrected chi connectivity index (χ0v) is 9.45. The van der Waals surface area contributed by atoms with Crippen molar-refractivity contribution in [1.82, 2.24) is 0 Å². The number of hydrogen-bond donors (Lipinski definition) is 1. The average molecular weight is 221 g/mol. The molecule has 0 bridgehead atoms. The smallest absolute Gasteiger partial charge is 0.308 e. The van der Waals surface area contributed by atoms with Crippen LogP contribution in [0, 0.1) is 12.3 Å². The molecule has 0 heterocycles. The molecule has 86 valence electrons. The fraction of sp³-hybridized carbons (Fsp3) is 0.333. The summed E-state index contributed by atoms with van der Waals surface area (Å²) in [6.45, 7) is 4.07. The molecule has 1 rings (SSSR count). The quantitative estimate of drug-likeness (QED) is 0.358. The van der Waals surface area contributed by atoms with Crippen LogP contribution in [0.5, 0.6) is 5.75 Å². The summed E-state index contributed by atoms with van der Waals surface area (Å²) in [6.07, 6.45) is 1.21. The molecule has 1 aromatic rings. The summed E-state index contributed by atoms with van der Waals surface area (Å²) in [4.78, 5) is 10.7. The van der Waals surface area contributed by atoms with Crippen LogP contribution in [0.1, 0.15) is 18.1 Å². The highest BCUT2D eigenvalue weighted by atomic mass is 16.5. The maximum Gasteiger partial charge on any atom is 0.308 e. The number of esters is 1. The third-order valence-corrected chi connectivity index (χ3v) is 2.03. The van der Waals surface area contributed by atoms with Gasteiger partial charge in [-0.25, -0.2) is 0 Å². The summed E-state index contributed by atoms with van der Waals surface area (Å²) in [5, 5.41) is 6.83. The van der Waals surface area contributed by atoms with Crippen LogP contribution in [0.2, 0.25) is 0 Å². The minimum absolute atomic E-state index is 0.311. The van der Waals surface area contributed by atoms with Gasteiger partial charge in [-0.15, -0.1) is 0 Å². The Bertz CT molecular complexity index is 388. The lowest BCUT2D eigenvalue weighted by molar-refractivity contribution is -0.131. The van der Waals surface area contributed by atoms with Crippen molar-refractivity contribution in [3.63, 3.8) is 0 Å². The molecular weight excluding hydrogens is 206 g/mol. The third kappa shape index (κ3) is 3.82. The van der Waals surface area contributed by atoms with Gasteiger partial charge in [-0.1, -0.05) is 6.07 Å². The lowest BCUT2D eigenvalue weighted by atomic mass is 10.1. The largest absolute Gasteiger partial charge is 0.427 e. The zero-order valence-electron chi connectivity index (χ0n) is 9.45. The Labute approximate surface area is 94.7 Å². The first-order chi connectivity index (χ1) is 7.63. The SMILES string of the molecule is CC(=O)Oc1ccc(COCC=N)c(C)c1. The van der Waals surface area contributed by atoms with Gasteiger partial charge in [0, 0.05) is 13.1 Å². The van der Waals surface area contributed by atoms with E-state index >= 15 is 0 Å². The topological polar surface area (TPSA) is 59.4 Å². The fourth-order valence-electron chi connectivity index (χ4n) is 1.29. The van der Waals surface area contributed by atoms with Crippen LogP contribution in [0.4, 0.5) is 0 Å². The number of aryl methyl sites for hydroxylation is 1. The minimum atomic E-state index is -0.327. The highest BCUT2D eigenvalue weighted by molar-refractivity contribution is 5.69. The molecule has 0 unspecified atom stereocenters. The van der Waals surface area contributed by atoms with Crippen LogP contribution in [0.25, 0.3) is 0 Å². The van der Waals surface area contributed by atoms with Gasteiger partial charge in [-0.05, 0) is 30.2 Å². The Hall–Kier alpha value is -1.68. The van der Waals surface area contributed by atoms with Crippen molar-refractivity contribution in [2.24, 2.45) is 0 Å². The maximum atomic E-state index is 10.7. The maximum absolute atomic E-state index is 10.7. The van der Waals surface area contributed by atoms with Crippen molar-refractivity contribution in [3.8, 4) is 5.75 Å². The molecule has 0 aliphatic heterocycles. The lowest BCUT2D eigenvalue weighted by Gasteiger charge is -2.08. The number of hydrogen-bond acceptors (Lipinski definition) is 4. The number of benzene rings is 1. The van der Waals surface area contributed by atoms with Crippen LogP contribution >= 0.6 is 0 Å². The number of nitrogens with one attached hydrogen (secondary N) is 1. The van der Waals surface area contributed by atoms with Gasteiger partial charge >= 0.3 is 5.97 Å². The molecule has 0 atom stereocenters. The summed E-state index contributed by atoms with van der Waals surface area (Å²) < 4.78 is 10.2. The van der Waals surface area contributed by atoms with Gasteiger partial charge in [0.25, 0.3) is 0 Å². The van der Waals surface area contributed by atoms with E-state index in [1.807, 2.05) is 13.0 Å². The fourth-order valence-corrected chi connectivity index (χ4v) is 1.29. The summed E-state index contributed by atoms with van der Waals surface area (Å²) in [7, 11) is 0. The molecule has 4 nitrogen and oxygen atoms in total. The van der Waals surface area contributed by atoms with Gasteiger partial charge in [0.2, 0.25) is 0 Å². The lowest BCUT2D eigenvalue weighted by Crippen LogP contribution is -2.03. The third-order valence-electron chi connectivity index (χ3n) is 2.03. The first-order valence-electron chi connectivity index (χ1n) is 4.98. The van der Waals surface area contributed by atoms with E-state index in [-0.39, 0.29) is 5.97 Å². The van der Waals surface area contributed by atoms with Crippen LogP contribution in [0.3, 0.4) is 0 Å². The van der Waals surface area contributed by atoms with E-state index in [2.05, 4.69) is 0 Å². The zero-order chi connectivity index (χ0) is 12.0. The molecule has 0 amide bonds. The summed E-state index contributed by atoms with van der Waals surface area (Å²) in [5.41, 5.74) is 2.03. The van der Waals surface area contributed by atoms with Gasteiger partial charge in [-0.3, -0.25) is 4.79 Å². The minimum Gasteiger partial charge on any atom is -0.427 e. The molecule has 1 N–H and O–H groups in total. The molecule has 0 fully saturated rings. The van der Waals surface area contributed by atoms with Crippen molar-refractivity contribution < 1.29 is 14.3 Å². The van der Waals surface area contributed by atoms with Crippen LogP contribution < -0.4 is 4.74 Å². The molecule has 4 heteroatoms. The van der Waals surface area contributed by atoms with Gasteiger partial charge < -0.3 is 14.9 Å². The standard InChI is InChI=1S/C12H15NO3/c1-9-7-12(16-10(2)14)4-3-11(9)8-15-6-5-13/h3-5,7,13H,6,8H2,1-2H3. The van der Waals surface area contributed by atoms with E-state index in [1.54, 1.807) is 12.1 Å². The highest BCUT2D eigenvalue weighted by Crippen LogP contribution is 2.18. The van der Waals surface area contributed by atoms with Crippen LogP contribution in [0.15, 0.2) is 18.2 Å². The highest BCUT2D eigenvalue weighted by Gasteiger charge is 2.02. The molecule has 0 spiro atoms. The Morgan fingerprint density at radius 1 is 1.50 bits per heavy atom. The summed E-state index contributed by atoms with van der Waals surface area (Å²) >= 11 is 0. The van der Waals surface area contributed by atoms with Gasteiger partial charge in [0.05, 0.1) is 13.2 Å². The molecule has 16 heavy (non-hydrogen) atoms. The molecule has 0 aliphatic rings. The molecule has 0 aromatic heterocycles. The van der Waals surface area contributed by atoms with Crippen molar-refractivity contribution in [2.75, 3.05) is 6.61 Å². The number of ether oxygens (including phenoxy) is 2. The Balaban J connectivity index is 2.67. The molecular formula is C12H15NO3. The van der Waals surface area contributed by atoms with Gasteiger partial charge in [0.1, 0.15) is 5.75 Å². The molecule has 1 aromatic carbocycles. The Morgan fingerprint density at radius 2 is 2.25 bits per heavy atom. The molecule has 0 saturated heterocycles. The number of rotatable bonds is 5. The Kier molecular flexibility index (Phi) is 4.66. The predicted molar refractivity (Wildman–Crippen MR) is 60.9 cm³/mol. The van der Waals surface area contributed by atoms with Crippen molar-refractivity contribution in [3.05, 3.63) is 29.3 Å². The first-order valence-corrected chi connectivity index (χ1v) is 4.98. The van der Waals surface area contributed by atoms with E-state index in [4.69, 9.17) is 14.9 Å². The van der Waals surface area contributed by atoms with E-state index in [0.29, 0.717) is 19.0 Å². The van der Waals surface area contributed by atoms with Gasteiger partial charge in [-0.2, -0.15) is 0 Å². The van der Waals surface area contributed by atoms with E-state index in [0.717, 1.165) is 11.1 Å². The second-order valence-corrected chi connectivity index (χ2v) is 3.40. The van der Waals surface area contributed by atoms with Gasteiger partial charge in [0.15, 0.2) is 0 Å². The summed E-state index contributed by atoms with van der Waals surface area (Å²) in [6, 6.07) is 5.39. The van der Waals surface area contributed by atoms with Crippen molar-refractivity contribution >= 4 is 12.2 Å². The molecule has 0 radical (unpaired) electrons. The molecule has 0 saturated carbocycles. The van der Waals surface area contributed by atoms with Crippen molar-refractivity contribution in [2.45, 2.75) is 20.5 Å². The first kappa shape index (κ1) is 12.4. The molecule has 0 aliphatic carbocycles. The second kappa shape index (κ2) is 6.02. The number of carbonyl (C=O) groups is 1. The summed E-state index contributed by atoms with van der Waals surface area (Å²) in [5.74, 6) is 0.216. The van der Waals surface area contributed by atoms with Crippen LogP contribution in [-0.2, 0) is 16.1 Å². The van der Waals surface area contributed by atoms with Crippen molar-refractivity contribution in [1.29, 1.82) is 5.41 Å². The van der Waals surface area contributed by atoms with E-state index < -0.39 is 0 Å².